The molecule has 0 saturated heterocycles. The predicted molar refractivity (Wildman–Crippen MR) is 254 cm³/mol. The minimum absolute atomic E-state index is 0.0673. The first-order valence-electron chi connectivity index (χ1n) is 26.4. The van der Waals surface area contributed by atoms with Crippen LogP contribution in [0.25, 0.3) is 0 Å². The van der Waals surface area contributed by atoms with Gasteiger partial charge in [-0.3, -0.25) is 13.8 Å². The third-order valence-electron chi connectivity index (χ3n) is 12.7. The highest BCUT2D eigenvalue weighted by Gasteiger charge is 2.51. The van der Waals surface area contributed by atoms with Crippen LogP contribution in [0.1, 0.15) is 251 Å². The maximum atomic E-state index is 12.9. The summed E-state index contributed by atoms with van der Waals surface area (Å²) in [5.74, 6) is -0.469. The van der Waals surface area contributed by atoms with Gasteiger partial charge in [-0.05, 0) is 12.8 Å². The lowest BCUT2D eigenvalue weighted by Crippen LogP contribution is -2.64. The fourth-order valence-corrected chi connectivity index (χ4v) is 9.51. The molecule has 0 aliphatic heterocycles. The molecule has 6 atom stereocenters. The van der Waals surface area contributed by atoms with E-state index in [9.17, 15) is 39.8 Å². The van der Waals surface area contributed by atoms with Gasteiger partial charge >= 0.3 is 13.8 Å². The zero-order valence-electron chi connectivity index (χ0n) is 40.4. The van der Waals surface area contributed by atoms with Crippen LogP contribution in [0, 0.1) is 0 Å². The number of hydrogen-bond acceptors (Lipinski definition) is 11. The normalized spacial score (nSPS) is 21.7. The second-order valence-electron chi connectivity index (χ2n) is 18.7. The molecule has 6 N–H and O–H groups in total. The second-order valence-corrected chi connectivity index (χ2v) is 20.2. The zero-order valence-corrected chi connectivity index (χ0v) is 41.3. The fraction of sp³-hybridized carbons (Fsp3) is 0.980. The average Bonchev–Trinajstić information content (AvgIpc) is 3.27. The number of ether oxygens (including phenoxy) is 2. The van der Waals surface area contributed by atoms with Gasteiger partial charge in [-0.2, -0.15) is 0 Å². The lowest BCUT2D eigenvalue weighted by atomic mass is 9.85. The number of carbonyl (C=O) groups excluding carboxylic acids is 1. The molecule has 0 heterocycles. The summed E-state index contributed by atoms with van der Waals surface area (Å²) in [6, 6.07) is 0. The first-order chi connectivity index (χ1) is 30.5. The van der Waals surface area contributed by atoms with Crippen molar-refractivity contribution in [2.75, 3.05) is 19.8 Å². The molecule has 0 aromatic rings. The van der Waals surface area contributed by atoms with E-state index < -0.39 is 63.1 Å². The summed E-state index contributed by atoms with van der Waals surface area (Å²) in [7, 11) is -5.01. The summed E-state index contributed by atoms with van der Waals surface area (Å²) in [4.78, 5) is 23.2. The Morgan fingerprint density at radius 2 is 0.746 bits per heavy atom. The molecule has 1 saturated carbocycles. The first kappa shape index (κ1) is 60.4. The summed E-state index contributed by atoms with van der Waals surface area (Å²) in [6.07, 6.45) is 33.1. The van der Waals surface area contributed by atoms with Gasteiger partial charge in [0.1, 0.15) is 42.7 Å². The van der Waals surface area contributed by atoms with Crippen LogP contribution in [-0.4, -0.2) is 98.9 Å². The van der Waals surface area contributed by atoms with Crippen LogP contribution in [0.4, 0.5) is 0 Å². The molecule has 0 aromatic carbocycles. The average molecular weight is 923 g/mol. The molecule has 1 aliphatic carbocycles. The molecule has 1 rings (SSSR count). The van der Waals surface area contributed by atoms with Gasteiger partial charge in [0, 0.05) is 13.0 Å². The molecule has 0 spiro atoms. The van der Waals surface area contributed by atoms with E-state index in [0.717, 1.165) is 38.5 Å². The topological polar surface area (TPSA) is 192 Å². The maximum Gasteiger partial charge on any atom is 0.472 e. The first-order valence-corrected chi connectivity index (χ1v) is 27.9. The SMILES string of the molecule is CCCCCCCCCCCCCCCCCCCCOCC(COP(=O)(O)OC1C(O)C(O)C(O)C(O)C1O)OC(=O)CCCCCCCCCCCCCCCCCCCC. The number of unbranched alkanes of at least 4 members (excludes halogenated alkanes) is 34. The molecule has 12 nitrogen and oxygen atoms in total. The molecule has 1 aliphatic rings. The van der Waals surface area contributed by atoms with E-state index in [2.05, 4.69) is 13.8 Å². The zero-order chi connectivity index (χ0) is 46.2. The van der Waals surface area contributed by atoms with Crippen LogP contribution >= 0.6 is 7.82 Å². The monoisotopic (exact) mass is 923 g/mol. The highest BCUT2D eigenvalue weighted by molar-refractivity contribution is 7.47. The van der Waals surface area contributed by atoms with Crippen LogP contribution < -0.4 is 0 Å². The van der Waals surface area contributed by atoms with Crippen molar-refractivity contribution in [3.05, 3.63) is 0 Å². The van der Waals surface area contributed by atoms with Gasteiger partial charge in [0.2, 0.25) is 0 Å². The van der Waals surface area contributed by atoms with E-state index in [-0.39, 0.29) is 13.0 Å². The standard InChI is InChI=1S/C50H99O12P/c1-3-5-7-9-11-13-15-17-19-21-23-25-27-29-31-33-35-37-39-44(51)61-43(42-60-63(57,58)62-50-48(55)46(53)45(52)47(54)49(50)56)41-59-40-38-36-34-32-30-28-26-24-22-20-18-16-14-12-10-8-6-4-2/h43,45-50,52-56H,3-42H2,1-2H3,(H,57,58). The van der Waals surface area contributed by atoms with Crippen molar-refractivity contribution in [1.82, 2.24) is 0 Å². The molecule has 13 heteroatoms. The van der Waals surface area contributed by atoms with E-state index in [0.29, 0.717) is 13.0 Å². The molecule has 1 fully saturated rings. The number of rotatable bonds is 46. The van der Waals surface area contributed by atoms with Crippen LogP contribution in [0.3, 0.4) is 0 Å². The van der Waals surface area contributed by atoms with Gasteiger partial charge in [-0.1, -0.05) is 232 Å². The molecule has 0 radical (unpaired) electrons. The number of esters is 1. The fourth-order valence-electron chi connectivity index (χ4n) is 8.54. The lowest BCUT2D eigenvalue weighted by molar-refractivity contribution is -0.220. The summed E-state index contributed by atoms with van der Waals surface area (Å²) in [5.41, 5.74) is 0. The van der Waals surface area contributed by atoms with Gasteiger partial charge in [-0.15, -0.1) is 0 Å². The largest absolute Gasteiger partial charge is 0.472 e. The molecule has 6 unspecified atom stereocenters. The molecular formula is C50H99O12P. The third-order valence-corrected chi connectivity index (χ3v) is 13.7. The number of hydrogen-bond donors (Lipinski definition) is 6. The van der Waals surface area contributed by atoms with Gasteiger partial charge < -0.3 is 39.9 Å². The Bertz CT molecular complexity index is 1050. The molecular weight excluding hydrogens is 824 g/mol. The van der Waals surface area contributed by atoms with E-state index >= 15 is 0 Å². The summed E-state index contributed by atoms with van der Waals surface area (Å²) in [5, 5.41) is 50.3. The summed E-state index contributed by atoms with van der Waals surface area (Å²) in [6.45, 7) is 4.32. The Balaban J connectivity index is 2.31. The van der Waals surface area contributed by atoms with E-state index in [1.165, 1.54) is 186 Å². The van der Waals surface area contributed by atoms with Gasteiger partial charge in [0.05, 0.1) is 13.2 Å². The highest BCUT2D eigenvalue weighted by Crippen LogP contribution is 2.47. The van der Waals surface area contributed by atoms with Crippen molar-refractivity contribution in [3.63, 3.8) is 0 Å². The van der Waals surface area contributed by atoms with Crippen molar-refractivity contribution in [1.29, 1.82) is 0 Å². The molecule has 0 aromatic heterocycles. The minimum Gasteiger partial charge on any atom is -0.457 e. The number of phosphoric acid groups is 1. The Labute approximate surface area is 385 Å². The highest BCUT2D eigenvalue weighted by atomic mass is 31.2. The Morgan fingerprint density at radius 3 is 1.10 bits per heavy atom. The lowest BCUT2D eigenvalue weighted by Gasteiger charge is -2.41. The van der Waals surface area contributed by atoms with E-state index in [1.54, 1.807) is 0 Å². The Morgan fingerprint density at radius 1 is 0.444 bits per heavy atom. The Hall–Kier alpha value is -0.660. The van der Waals surface area contributed by atoms with Crippen LogP contribution in [0.2, 0.25) is 0 Å². The molecule has 376 valence electrons. The molecule has 0 amide bonds. The van der Waals surface area contributed by atoms with Gasteiger partial charge in [-0.25, -0.2) is 4.57 Å². The van der Waals surface area contributed by atoms with Crippen molar-refractivity contribution < 1.29 is 58.3 Å². The predicted octanol–water partition coefficient (Wildman–Crippen LogP) is 11.7. The molecule has 0 bridgehead atoms. The number of aliphatic hydroxyl groups excluding tert-OH is 5. The molecule has 63 heavy (non-hydrogen) atoms. The Kier molecular flexibility index (Phi) is 39.8. The number of aliphatic hydroxyl groups is 5. The second kappa shape index (κ2) is 41.5. The van der Waals surface area contributed by atoms with E-state index in [1.807, 2.05) is 0 Å². The smallest absolute Gasteiger partial charge is 0.457 e. The van der Waals surface area contributed by atoms with Crippen LogP contribution in [0.15, 0.2) is 0 Å². The third kappa shape index (κ3) is 33.5. The van der Waals surface area contributed by atoms with Gasteiger partial charge in [0.15, 0.2) is 0 Å². The quantitative estimate of drug-likeness (QED) is 0.0193. The van der Waals surface area contributed by atoms with Crippen molar-refractivity contribution in [2.45, 2.75) is 294 Å². The number of phosphoric ester groups is 1. The van der Waals surface area contributed by atoms with Crippen molar-refractivity contribution in [2.24, 2.45) is 0 Å². The van der Waals surface area contributed by atoms with Crippen LogP contribution in [-0.2, 0) is 27.9 Å². The van der Waals surface area contributed by atoms with E-state index in [4.69, 9.17) is 18.5 Å². The van der Waals surface area contributed by atoms with Crippen molar-refractivity contribution in [3.8, 4) is 0 Å². The number of carbonyl (C=O) groups is 1. The van der Waals surface area contributed by atoms with Gasteiger partial charge in [0.25, 0.3) is 0 Å². The summed E-state index contributed by atoms with van der Waals surface area (Å²) < 4.78 is 34.3. The van der Waals surface area contributed by atoms with Crippen LogP contribution in [0.5, 0.6) is 0 Å². The summed E-state index contributed by atoms with van der Waals surface area (Å²) >= 11 is 0. The maximum absolute atomic E-state index is 12.9. The minimum atomic E-state index is -5.01. The van der Waals surface area contributed by atoms with Crippen molar-refractivity contribution >= 4 is 13.8 Å².